The Labute approximate surface area is 166 Å². The van der Waals surface area contributed by atoms with Crippen molar-refractivity contribution in [1.29, 1.82) is 0 Å². The smallest absolute Gasteiger partial charge is 0.255 e. The molecule has 4 aliphatic rings. The second kappa shape index (κ2) is 6.18. The van der Waals surface area contributed by atoms with E-state index in [1.807, 2.05) is 35.0 Å². The van der Waals surface area contributed by atoms with Crippen LogP contribution in [0, 0.1) is 11.8 Å². The van der Waals surface area contributed by atoms with E-state index < -0.39 is 5.60 Å². The summed E-state index contributed by atoms with van der Waals surface area (Å²) in [5.74, 6) is 1.21. The lowest BCUT2D eigenvalue weighted by atomic mass is 9.51. The van der Waals surface area contributed by atoms with E-state index in [0.717, 1.165) is 37.1 Å². The van der Waals surface area contributed by atoms with Gasteiger partial charge in [-0.05, 0) is 68.4 Å². The van der Waals surface area contributed by atoms with Gasteiger partial charge in [-0.1, -0.05) is 32.0 Å². The summed E-state index contributed by atoms with van der Waals surface area (Å²) in [5.41, 5.74) is 1.73. The molecule has 4 atom stereocenters. The van der Waals surface area contributed by atoms with Crippen LogP contribution >= 0.6 is 0 Å². The number of para-hydroxylation sites is 1. The quantitative estimate of drug-likeness (QED) is 0.849. The fourth-order valence-electron chi connectivity index (χ4n) is 6.53. The molecule has 2 aromatic rings. The molecule has 1 heterocycles. The van der Waals surface area contributed by atoms with Crippen molar-refractivity contribution in [3.8, 4) is 5.69 Å². The standard InChI is InChI=1S/C23H29N3O2/c1-15(2)20-19(13-24-26(20)18-6-4-3-5-7-18)21(27)25-22-9-16-8-17(10-22)12-23(28,11-16)14-22/h3-7,13,15-17,28H,8-12,14H2,1-2H3,(H,25,27)/t16-,17+,22?,23?. The first kappa shape index (κ1) is 17.9. The van der Waals surface area contributed by atoms with Crippen LogP contribution in [0.4, 0.5) is 0 Å². The lowest BCUT2D eigenvalue weighted by molar-refractivity contribution is -0.139. The fourth-order valence-corrected chi connectivity index (χ4v) is 6.53. The van der Waals surface area contributed by atoms with Crippen LogP contribution in [0.15, 0.2) is 36.5 Å². The van der Waals surface area contributed by atoms with Gasteiger partial charge in [-0.25, -0.2) is 4.68 Å². The normalized spacial score (nSPS) is 33.4. The number of carbonyl (C=O) groups excluding carboxylic acids is 1. The van der Waals surface area contributed by atoms with Crippen molar-refractivity contribution in [2.45, 2.75) is 69.4 Å². The van der Waals surface area contributed by atoms with Crippen LogP contribution in [0.3, 0.4) is 0 Å². The maximum atomic E-state index is 13.4. The van der Waals surface area contributed by atoms with E-state index in [4.69, 9.17) is 0 Å². The minimum atomic E-state index is -0.577. The maximum absolute atomic E-state index is 13.4. The number of aromatic nitrogens is 2. The van der Waals surface area contributed by atoms with Gasteiger partial charge in [0, 0.05) is 5.54 Å². The van der Waals surface area contributed by atoms with E-state index >= 15 is 0 Å². The molecule has 1 aromatic heterocycles. The second-order valence-electron chi connectivity index (χ2n) is 9.77. The molecule has 0 spiro atoms. The van der Waals surface area contributed by atoms with Gasteiger partial charge < -0.3 is 10.4 Å². The van der Waals surface area contributed by atoms with E-state index in [9.17, 15) is 9.90 Å². The fraction of sp³-hybridized carbons (Fsp3) is 0.565. The van der Waals surface area contributed by atoms with Gasteiger partial charge in [-0.3, -0.25) is 4.79 Å². The van der Waals surface area contributed by atoms with Crippen molar-refractivity contribution in [2.24, 2.45) is 11.8 Å². The van der Waals surface area contributed by atoms with Crippen molar-refractivity contribution < 1.29 is 9.90 Å². The molecule has 148 valence electrons. The number of benzene rings is 1. The molecule has 0 aliphatic heterocycles. The summed E-state index contributed by atoms with van der Waals surface area (Å²) in [4.78, 5) is 13.4. The lowest BCUT2D eigenvalue weighted by Gasteiger charge is -2.60. The lowest BCUT2D eigenvalue weighted by Crippen LogP contribution is -2.65. The van der Waals surface area contributed by atoms with E-state index in [0.29, 0.717) is 23.8 Å². The summed E-state index contributed by atoms with van der Waals surface area (Å²) in [7, 11) is 0. The largest absolute Gasteiger partial charge is 0.390 e. The third-order valence-corrected chi connectivity index (χ3v) is 7.01. The number of amides is 1. The molecule has 4 aliphatic carbocycles. The van der Waals surface area contributed by atoms with Crippen LogP contribution in [-0.2, 0) is 0 Å². The van der Waals surface area contributed by atoms with Crippen LogP contribution in [0.1, 0.15) is 74.3 Å². The number of aliphatic hydroxyl groups is 1. The second-order valence-corrected chi connectivity index (χ2v) is 9.77. The minimum Gasteiger partial charge on any atom is -0.390 e. The molecule has 1 amide bonds. The monoisotopic (exact) mass is 379 g/mol. The number of nitrogens with one attached hydrogen (secondary N) is 1. The van der Waals surface area contributed by atoms with Gasteiger partial charge in [0.25, 0.3) is 5.91 Å². The first-order valence-electron chi connectivity index (χ1n) is 10.5. The van der Waals surface area contributed by atoms with E-state index in [1.54, 1.807) is 6.20 Å². The molecule has 0 radical (unpaired) electrons. The Balaban J connectivity index is 1.46. The summed E-state index contributed by atoms with van der Waals surface area (Å²) in [6.45, 7) is 4.20. The Hall–Kier alpha value is -2.14. The molecule has 28 heavy (non-hydrogen) atoms. The molecule has 4 saturated carbocycles. The number of hydrogen-bond donors (Lipinski definition) is 2. The molecule has 5 nitrogen and oxygen atoms in total. The molecule has 4 fully saturated rings. The summed E-state index contributed by atoms with van der Waals surface area (Å²) >= 11 is 0. The van der Waals surface area contributed by atoms with Crippen LogP contribution in [0.5, 0.6) is 0 Å². The highest BCUT2D eigenvalue weighted by Crippen LogP contribution is 2.57. The predicted molar refractivity (Wildman–Crippen MR) is 107 cm³/mol. The van der Waals surface area contributed by atoms with Crippen molar-refractivity contribution in [1.82, 2.24) is 15.1 Å². The van der Waals surface area contributed by atoms with E-state index in [2.05, 4.69) is 24.3 Å². The first-order valence-corrected chi connectivity index (χ1v) is 10.5. The zero-order valence-corrected chi connectivity index (χ0v) is 16.7. The number of hydrogen-bond acceptors (Lipinski definition) is 3. The van der Waals surface area contributed by atoms with Crippen LogP contribution < -0.4 is 5.32 Å². The molecule has 1 aromatic carbocycles. The predicted octanol–water partition coefficient (Wildman–Crippen LogP) is 3.81. The molecule has 2 unspecified atom stereocenters. The Morgan fingerprint density at radius 3 is 2.46 bits per heavy atom. The average Bonchev–Trinajstić information content (AvgIpc) is 3.05. The highest BCUT2D eigenvalue weighted by Gasteiger charge is 2.57. The number of nitrogens with zero attached hydrogens (tertiary/aromatic N) is 2. The topological polar surface area (TPSA) is 67.2 Å². The summed E-state index contributed by atoms with van der Waals surface area (Å²) in [6, 6.07) is 9.96. The Kier molecular flexibility index (Phi) is 3.96. The van der Waals surface area contributed by atoms with E-state index in [1.165, 1.54) is 6.42 Å². The van der Waals surface area contributed by atoms with Gasteiger partial charge in [0.1, 0.15) is 0 Å². The third kappa shape index (κ3) is 2.87. The molecular formula is C23H29N3O2. The summed E-state index contributed by atoms with van der Waals surface area (Å²) < 4.78 is 1.88. The highest BCUT2D eigenvalue weighted by molar-refractivity contribution is 5.96. The summed E-state index contributed by atoms with van der Waals surface area (Å²) in [5, 5.41) is 18.9. The molecule has 2 N–H and O–H groups in total. The summed E-state index contributed by atoms with van der Waals surface area (Å²) in [6.07, 6.45) is 7.43. The molecule has 4 bridgehead atoms. The number of rotatable bonds is 4. The SMILES string of the molecule is CC(C)c1c(C(=O)NC23C[C@@H]4C[C@@H](CC(O)(C4)C2)C3)cnn1-c1ccccc1. The van der Waals surface area contributed by atoms with Gasteiger partial charge >= 0.3 is 0 Å². The average molecular weight is 380 g/mol. The van der Waals surface area contributed by atoms with Gasteiger partial charge in [0.05, 0.1) is 28.7 Å². The Morgan fingerprint density at radius 2 is 1.86 bits per heavy atom. The zero-order chi connectivity index (χ0) is 19.5. The zero-order valence-electron chi connectivity index (χ0n) is 16.7. The Morgan fingerprint density at radius 1 is 1.18 bits per heavy atom. The maximum Gasteiger partial charge on any atom is 0.255 e. The van der Waals surface area contributed by atoms with Crippen molar-refractivity contribution in [2.75, 3.05) is 0 Å². The van der Waals surface area contributed by atoms with Crippen molar-refractivity contribution in [3.63, 3.8) is 0 Å². The van der Waals surface area contributed by atoms with Crippen LogP contribution in [0.2, 0.25) is 0 Å². The van der Waals surface area contributed by atoms with Gasteiger partial charge in [0.2, 0.25) is 0 Å². The van der Waals surface area contributed by atoms with Crippen molar-refractivity contribution >= 4 is 5.91 Å². The molecule has 0 saturated heterocycles. The van der Waals surface area contributed by atoms with Gasteiger partial charge in [-0.15, -0.1) is 0 Å². The van der Waals surface area contributed by atoms with Gasteiger partial charge in [0.15, 0.2) is 0 Å². The minimum absolute atomic E-state index is 0.0450. The number of carbonyl (C=O) groups is 1. The highest BCUT2D eigenvalue weighted by atomic mass is 16.3. The van der Waals surface area contributed by atoms with Crippen LogP contribution in [0.25, 0.3) is 5.69 Å². The molecule has 6 rings (SSSR count). The molecular weight excluding hydrogens is 350 g/mol. The Bertz CT molecular complexity index is 888. The molecule has 5 heteroatoms. The first-order chi connectivity index (χ1) is 13.4. The third-order valence-electron chi connectivity index (χ3n) is 7.01. The van der Waals surface area contributed by atoms with Crippen molar-refractivity contribution in [3.05, 3.63) is 47.8 Å². The van der Waals surface area contributed by atoms with Crippen LogP contribution in [-0.4, -0.2) is 31.9 Å². The van der Waals surface area contributed by atoms with E-state index in [-0.39, 0.29) is 17.4 Å². The van der Waals surface area contributed by atoms with Gasteiger partial charge in [-0.2, -0.15) is 5.10 Å².